The Labute approximate surface area is 69.1 Å². The number of carboxylic acid groups (broad SMARTS) is 1. The van der Waals surface area contributed by atoms with Crippen molar-refractivity contribution < 1.29 is 27.1 Å². The van der Waals surface area contributed by atoms with Gasteiger partial charge >= 0.3 is 16.4 Å². The van der Waals surface area contributed by atoms with Crippen LogP contribution in [0.5, 0.6) is 0 Å². The van der Waals surface area contributed by atoms with Crippen LogP contribution in [0.1, 0.15) is 6.42 Å². The van der Waals surface area contributed by atoms with Crippen LogP contribution in [-0.2, 0) is 19.4 Å². The van der Waals surface area contributed by atoms with E-state index < -0.39 is 29.0 Å². The smallest absolute Gasteiger partial charge is 0.397 e. The molecule has 0 aromatic carbocycles. The Morgan fingerprint density at radius 3 is 2.42 bits per heavy atom. The number of nitrogens with two attached hydrogens (primary N) is 1. The molecule has 0 amide bonds. The van der Waals surface area contributed by atoms with Gasteiger partial charge in [0.05, 0.1) is 6.61 Å². The summed E-state index contributed by atoms with van der Waals surface area (Å²) >= 11 is 0. The van der Waals surface area contributed by atoms with Crippen LogP contribution < -0.4 is 5.73 Å². The van der Waals surface area contributed by atoms with Gasteiger partial charge in [-0.25, -0.2) is 4.18 Å². The summed E-state index contributed by atoms with van der Waals surface area (Å²) in [6.07, 6.45) is -0.185. The van der Waals surface area contributed by atoms with Crippen molar-refractivity contribution in [2.75, 3.05) is 6.61 Å². The molecular formula is C4H9NO6S. The molecule has 1 unspecified atom stereocenters. The van der Waals surface area contributed by atoms with Crippen LogP contribution in [0.3, 0.4) is 0 Å². The number of hydrogen-bond donors (Lipinski definition) is 3. The van der Waals surface area contributed by atoms with Crippen molar-refractivity contribution >= 4 is 16.4 Å². The maximum Gasteiger partial charge on any atom is 0.397 e. The molecule has 0 aromatic rings. The Balaban J connectivity index is 3.65. The second-order valence-corrected chi connectivity index (χ2v) is 3.07. The van der Waals surface area contributed by atoms with E-state index in [2.05, 4.69) is 4.18 Å². The van der Waals surface area contributed by atoms with Gasteiger partial charge in [-0.15, -0.1) is 0 Å². The van der Waals surface area contributed by atoms with E-state index in [1.54, 1.807) is 0 Å². The molecule has 0 rings (SSSR count). The molecule has 0 aliphatic carbocycles. The zero-order valence-electron chi connectivity index (χ0n) is 6.00. The summed E-state index contributed by atoms with van der Waals surface area (Å²) in [4.78, 5) is 10.1. The number of carbonyl (C=O) groups is 1. The summed E-state index contributed by atoms with van der Waals surface area (Å²) in [7, 11) is -4.49. The molecule has 0 heterocycles. The van der Waals surface area contributed by atoms with E-state index in [4.69, 9.17) is 15.4 Å². The highest BCUT2D eigenvalue weighted by Crippen LogP contribution is 1.93. The minimum atomic E-state index is -4.49. The molecule has 0 aromatic heterocycles. The van der Waals surface area contributed by atoms with E-state index in [-0.39, 0.29) is 6.42 Å². The van der Waals surface area contributed by atoms with Crippen molar-refractivity contribution in [3.05, 3.63) is 0 Å². The fraction of sp³-hybridized carbons (Fsp3) is 0.750. The lowest BCUT2D eigenvalue weighted by Crippen LogP contribution is -2.31. The Morgan fingerprint density at radius 1 is 1.58 bits per heavy atom. The van der Waals surface area contributed by atoms with Crippen molar-refractivity contribution in [1.82, 2.24) is 0 Å². The fourth-order valence-electron chi connectivity index (χ4n) is 0.404. The van der Waals surface area contributed by atoms with Gasteiger partial charge in [-0.3, -0.25) is 9.35 Å². The van der Waals surface area contributed by atoms with Crippen LogP contribution >= 0.6 is 0 Å². The lowest BCUT2D eigenvalue weighted by molar-refractivity contribution is -0.138. The third kappa shape index (κ3) is 6.04. The van der Waals surface area contributed by atoms with Gasteiger partial charge in [0.2, 0.25) is 0 Å². The van der Waals surface area contributed by atoms with E-state index >= 15 is 0 Å². The first-order valence-electron chi connectivity index (χ1n) is 2.93. The van der Waals surface area contributed by atoms with Crippen LogP contribution in [0.15, 0.2) is 0 Å². The van der Waals surface area contributed by atoms with E-state index in [9.17, 15) is 13.2 Å². The molecule has 0 saturated heterocycles. The van der Waals surface area contributed by atoms with Gasteiger partial charge < -0.3 is 10.8 Å². The van der Waals surface area contributed by atoms with Gasteiger partial charge in [-0.05, 0) is 6.42 Å². The molecule has 8 heteroatoms. The van der Waals surface area contributed by atoms with E-state index in [0.717, 1.165) is 0 Å². The molecule has 0 spiro atoms. The zero-order valence-corrected chi connectivity index (χ0v) is 6.82. The van der Waals surface area contributed by atoms with Crippen molar-refractivity contribution in [3.8, 4) is 0 Å². The SMILES string of the molecule is NC(CCOS(=O)(=O)O)C(=O)O. The van der Waals surface area contributed by atoms with Crippen molar-refractivity contribution in [3.63, 3.8) is 0 Å². The quantitative estimate of drug-likeness (QED) is 0.465. The number of hydrogen-bond acceptors (Lipinski definition) is 5. The summed E-state index contributed by atoms with van der Waals surface area (Å²) in [5, 5.41) is 8.22. The molecule has 1 atom stereocenters. The summed E-state index contributed by atoms with van der Waals surface area (Å²) < 4.78 is 31.7. The van der Waals surface area contributed by atoms with E-state index in [0.29, 0.717) is 0 Å². The van der Waals surface area contributed by atoms with Crippen LogP contribution in [0.2, 0.25) is 0 Å². The predicted molar refractivity (Wildman–Crippen MR) is 37.7 cm³/mol. The summed E-state index contributed by atoms with van der Waals surface area (Å²) in [5.74, 6) is -1.26. The molecule has 0 aliphatic rings. The summed E-state index contributed by atoms with van der Waals surface area (Å²) in [5.41, 5.74) is 4.99. The average molecular weight is 199 g/mol. The highest BCUT2D eigenvalue weighted by Gasteiger charge is 2.12. The first-order valence-corrected chi connectivity index (χ1v) is 4.29. The lowest BCUT2D eigenvalue weighted by atomic mass is 10.2. The molecule has 7 nitrogen and oxygen atoms in total. The molecule has 0 aliphatic heterocycles. The van der Waals surface area contributed by atoms with Gasteiger partial charge in [0, 0.05) is 0 Å². The summed E-state index contributed by atoms with van der Waals surface area (Å²) in [6.45, 7) is -0.452. The highest BCUT2D eigenvalue weighted by molar-refractivity contribution is 7.80. The highest BCUT2D eigenvalue weighted by atomic mass is 32.3. The largest absolute Gasteiger partial charge is 0.480 e. The van der Waals surface area contributed by atoms with Gasteiger partial charge in [-0.2, -0.15) is 8.42 Å². The topological polar surface area (TPSA) is 127 Å². The van der Waals surface area contributed by atoms with Crippen LogP contribution in [-0.4, -0.2) is 36.7 Å². The number of carboxylic acids is 1. The number of rotatable bonds is 5. The first-order chi connectivity index (χ1) is 5.33. The van der Waals surface area contributed by atoms with Gasteiger partial charge in [0.25, 0.3) is 0 Å². The Bertz CT molecular complexity index is 246. The third-order valence-electron chi connectivity index (χ3n) is 0.978. The molecular weight excluding hydrogens is 190 g/mol. The van der Waals surface area contributed by atoms with Crippen LogP contribution in [0.25, 0.3) is 0 Å². The average Bonchev–Trinajstić information content (AvgIpc) is 1.84. The lowest BCUT2D eigenvalue weighted by Gasteiger charge is -2.04. The number of aliphatic carboxylic acids is 1. The van der Waals surface area contributed by atoms with Gasteiger partial charge in [0.15, 0.2) is 0 Å². The molecule has 0 fully saturated rings. The molecule has 12 heavy (non-hydrogen) atoms. The van der Waals surface area contributed by atoms with Crippen molar-refractivity contribution in [2.24, 2.45) is 5.73 Å². The first kappa shape index (κ1) is 11.3. The fourth-order valence-corrected chi connectivity index (χ4v) is 0.711. The minimum Gasteiger partial charge on any atom is -0.480 e. The maximum atomic E-state index is 10.1. The normalized spacial score (nSPS) is 14.2. The standard InChI is InChI=1S/C4H9NO6S/c5-3(4(6)7)1-2-11-12(8,9)10/h3H,1-2,5H2,(H,6,7)(H,8,9,10). The molecule has 0 radical (unpaired) electrons. The third-order valence-corrected chi connectivity index (χ3v) is 1.44. The van der Waals surface area contributed by atoms with Gasteiger partial charge in [-0.1, -0.05) is 0 Å². The molecule has 72 valence electrons. The Kier molecular flexibility index (Phi) is 4.10. The zero-order chi connectivity index (χ0) is 9.78. The second-order valence-electron chi connectivity index (χ2n) is 1.98. The maximum absolute atomic E-state index is 10.1. The van der Waals surface area contributed by atoms with E-state index in [1.807, 2.05) is 0 Å². The monoisotopic (exact) mass is 199 g/mol. The second kappa shape index (κ2) is 4.36. The predicted octanol–water partition coefficient (Wildman–Crippen LogP) is -1.39. The van der Waals surface area contributed by atoms with Crippen molar-refractivity contribution in [2.45, 2.75) is 12.5 Å². The minimum absolute atomic E-state index is 0.185. The Hall–Kier alpha value is -0.700. The van der Waals surface area contributed by atoms with Gasteiger partial charge in [0.1, 0.15) is 6.04 Å². The Morgan fingerprint density at radius 2 is 2.08 bits per heavy atom. The van der Waals surface area contributed by atoms with E-state index in [1.165, 1.54) is 0 Å². The molecule has 4 N–H and O–H groups in total. The summed E-state index contributed by atoms with van der Waals surface area (Å²) in [6, 6.07) is -1.19. The van der Waals surface area contributed by atoms with Crippen LogP contribution in [0, 0.1) is 0 Å². The van der Waals surface area contributed by atoms with Crippen molar-refractivity contribution in [1.29, 1.82) is 0 Å². The van der Waals surface area contributed by atoms with Crippen LogP contribution in [0.4, 0.5) is 0 Å². The molecule has 0 bridgehead atoms. The molecule has 0 saturated carbocycles.